The number of carbonyl (C=O) groups excluding carboxylic acids is 1. The van der Waals surface area contributed by atoms with E-state index in [1.54, 1.807) is 11.1 Å². The third-order valence-electron chi connectivity index (χ3n) is 6.05. The summed E-state index contributed by atoms with van der Waals surface area (Å²) in [4.78, 5) is 11.5. The van der Waals surface area contributed by atoms with E-state index in [1.807, 2.05) is 45.2 Å². The summed E-state index contributed by atoms with van der Waals surface area (Å²) in [5.41, 5.74) is 6.67. The molecule has 0 spiro atoms. The third-order valence-corrected chi connectivity index (χ3v) is 6.05. The highest BCUT2D eigenvalue weighted by Gasteiger charge is 2.21. The summed E-state index contributed by atoms with van der Waals surface area (Å²) in [6.45, 7) is 11.4. The van der Waals surface area contributed by atoms with E-state index >= 15 is 0 Å². The molecule has 6 nitrogen and oxygen atoms in total. The quantitative estimate of drug-likeness (QED) is 0.0408. The maximum Gasteiger partial charge on any atom is 0.229 e. The van der Waals surface area contributed by atoms with Crippen LogP contribution in [0, 0.1) is 11.3 Å². The van der Waals surface area contributed by atoms with Crippen molar-refractivity contribution >= 4 is 18.5 Å². The second-order valence-electron chi connectivity index (χ2n) is 9.28. The summed E-state index contributed by atoms with van der Waals surface area (Å²) in [5, 5.41) is 15.3. The molecule has 4 N–H and O–H groups in total. The highest BCUT2D eigenvalue weighted by atomic mass is 16.1. The smallest absolute Gasteiger partial charge is 0.229 e. The number of nitrogens with two attached hydrogens (primary N) is 1. The van der Waals surface area contributed by atoms with Crippen molar-refractivity contribution in [3.8, 4) is 0 Å². The first kappa shape index (κ1) is 41.5. The molecule has 1 saturated carbocycles. The van der Waals surface area contributed by atoms with Crippen LogP contribution >= 0.6 is 0 Å². The summed E-state index contributed by atoms with van der Waals surface area (Å²) in [6.07, 6.45) is 25.0. The zero-order chi connectivity index (χ0) is 29.4. The first-order valence-corrected chi connectivity index (χ1v) is 14.7. The van der Waals surface area contributed by atoms with E-state index < -0.39 is 0 Å². The van der Waals surface area contributed by atoms with Gasteiger partial charge in [0.1, 0.15) is 0 Å². The van der Waals surface area contributed by atoms with Crippen molar-refractivity contribution in [3.05, 3.63) is 72.9 Å². The summed E-state index contributed by atoms with van der Waals surface area (Å²) < 4.78 is 0. The number of rotatable bonds is 14. The van der Waals surface area contributed by atoms with Crippen LogP contribution in [0.3, 0.4) is 0 Å². The number of amides is 1. The standard InChI is InChI=1S/C22H34N2O.C5H11N.C5H8.CH4N2.CH4/c1-2-3-4-5-6-13-18-24(19-25)23-22(20-14-9-7-10-15-20)21-16-11-8-12-17-21;1-3-4-5-6-2;1-3-5-4-2;2-1-3;/h7,9-10,14-15,19,21H,2-6,8,11-13,16-18H2,1H3;3-4,6H,5H2,1-2H3;3-5H,1H2,2H3;1H,(H3,2,3);1H4/b23-22+;4-3-;5-4+;;. The van der Waals surface area contributed by atoms with Gasteiger partial charge in [-0.1, -0.05) is 133 Å². The first-order valence-electron chi connectivity index (χ1n) is 14.7. The molecule has 2 rings (SSSR count). The Labute approximate surface area is 247 Å². The number of allylic oxidation sites excluding steroid dienone is 4. The van der Waals surface area contributed by atoms with Gasteiger partial charge in [0.15, 0.2) is 0 Å². The van der Waals surface area contributed by atoms with Crippen molar-refractivity contribution in [3.63, 3.8) is 0 Å². The number of hydrogen-bond acceptors (Lipinski definition) is 4. The first-order chi connectivity index (χ1) is 19.1. The van der Waals surface area contributed by atoms with Gasteiger partial charge in [-0.25, -0.2) is 5.01 Å². The molecule has 1 aliphatic carbocycles. The number of nitrogens with one attached hydrogen (secondary N) is 2. The number of likely N-dealkylation sites (N-methyl/N-ethyl adjacent to an activating group) is 1. The van der Waals surface area contributed by atoms with Crippen molar-refractivity contribution in [2.75, 3.05) is 20.1 Å². The van der Waals surface area contributed by atoms with E-state index in [0.29, 0.717) is 5.92 Å². The van der Waals surface area contributed by atoms with Gasteiger partial charge in [0.25, 0.3) is 0 Å². The topological polar surface area (TPSA) is 94.6 Å². The fourth-order valence-electron chi connectivity index (χ4n) is 4.05. The third kappa shape index (κ3) is 25.3. The molecular weight excluding hydrogens is 494 g/mol. The van der Waals surface area contributed by atoms with Gasteiger partial charge in [-0.15, -0.1) is 0 Å². The molecule has 1 fully saturated rings. The van der Waals surface area contributed by atoms with Crippen molar-refractivity contribution in [1.82, 2.24) is 10.3 Å². The lowest BCUT2D eigenvalue weighted by atomic mass is 9.83. The Bertz CT molecular complexity index is 768. The van der Waals surface area contributed by atoms with E-state index in [4.69, 9.17) is 10.5 Å². The van der Waals surface area contributed by atoms with E-state index in [9.17, 15) is 4.79 Å². The molecule has 1 aromatic rings. The fraction of sp³-hybridized carbons (Fsp3) is 0.559. The van der Waals surface area contributed by atoms with Crippen LogP contribution in [0.5, 0.6) is 0 Å². The van der Waals surface area contributed by atoms with Gasteiger partial charge in [-0.2, -0.15) is 5.10 Å². The van der Waals surface area contributed by atoms with Crippen LogP contribution in [0.25, 0.3) is 0 Å². The van der Waals surface area contributed by atoms with Crippen molar-refractivity contribution in [1.29, 1.82) is 5.41 Å². The molecule has 0 saturated heterocycles. The molecule has 40 heavy (non-hydrogen) atoms. The van der Waals surface area contributed by atoms with E-state index in [-0.39, 0.29) is 7.43 Å². The number of hydrogen-bond donors (Lipinski definition) is 3. The Hall–Kier alpha value is -2.99. The summed E-state index contributed by atoms with van der Waals surface area (Å²) in [5.74, 6) is 0.489. The maximum absolute atomic E-state index is 11.5. The summed E-state index contributed by atoms with van der Waals surface area (Å²) >= 11 is 0. The monoisotopic (exact) mass is 555 g/mol. The van der Waals surface area contributed by atoms with E-state index in [0.717, 1.165) is 38.0 Å². The lowest BCUT2D eigenvalue weighted by Gasteiger charge is -2.25. The molecule has 0 bridgehead atoms. The van der Waals surface area contributed by atoms with Crippen LogP contribution < -0.4 is 11.1 Å². The predicted molar refractivity (Wildman–Crippen MR) is 179 cm³/mol. The Kier molecular flexibility index (Phi) is 35.3. The predicted octanol–water partition coefficient (Wildman–Crippen LogP) is 8.51. The summed E-state index contributed by atoms with van der Waals surface area (Å²) in [7, 11) is 1.93. The highest BCUT2D eigenvalue weighted by molar-refractivity contribution is 6.02. The minimum Gasteiger partial charge on any atom is -0.390 e. The number of carbonyl (C=O) groups is 1. The van der Waals surface area contributed by atoms with Gasteiger partial charge in [-0.3, -0.25) is 10.2 Å². The van der Waals surface area contributed by atoms with Gasteiger partial charge in [0.2, 0.25) is 6.41 Å². The average molecular weight is 556 g/mol. The number of nitrogens with zero attached hydrogens (tertiary/aromatic N) is 2. The van der Waals surface area contributed by atoms with Gasteiger partial charge >= 0.3 is 0 Å². The molecule has 228 valence electrons. The Morgan fingerprint density at radius 2 is 1.68 bits per heavy atom. The second kappa shape index (κ2) is 34.0. The van der Waals surface area contributed by atoms with E-state index in [2.05, 4.69) is 54.9 Å². The Morgan fingerprint density at radius 1 is 1.07 bits per heavy atom. The van der Waals surface area contributed by atoms with Crippen LogP contribution in [-0.2, 0) is 4.79 Å². The summed E-state index contributed by atoms with van der Waals surface area (Å²) in [6, 6.07) is 10.4. The van der Waals surface area contributed by atoms with Crippen LogP contribution in [0.2, 0.25) is 0 Å². The van der Waals surface area contributed by atoms with E-state index in [1.165, 1.54) is 69.8 Å². The molecular formula is C34H61N5O. The minimum atomic E-state index is 0. The van der Waals surface area contributed by atoms with Gasteiger partial charge in [0.05, 0.1) is 12.1 Å². The molecule has 1 amide bonds. The minimum absolute atomic E-state index is 0. The normalized spacial score (nSPS) is 12.9. The molecule has 0 unspecified atom stereocenters. The van der Waals surface area contributed by atoms with Crippen molar-refractivity contribution in [2.24, 2.45) is 16.8 Å². The lowest BCUT2D eigenvalue weighted by molar-refractivity contribution is -0.118. The maximum atomic E-state index is 11.5. The molecule has 6 heteroatoms. The second-order valence-corrected chi connectivity index (χ2v) is 9.28. The highest BCUT2D eigenvalue weighted by Crippen LogP contribution is 2.28. The largest absolute Gasteiger partial charge is 0.390 e. The van der Waals surface area contributed by atoms with Gasteiger partial charge < -0.3 is 11.1 Å². The van der Waals surface area contributed by atoms with Crippen molar-refractivity contribution in [2.45, 2.75) is 98.8 Å². The molecule has 0 atom stereocenters. The number of hydrazone groups is 1. The SMILES string of the molecule is C.C/C=C\CNC.C=C/C=C/C.CCCCCCCCN(C=O)/N=C(\c1ccccc1)C1CCCCC1.N=CN. The van der Waals surface area contributed by atoms with Gasteiger partial charge in [0, 0.05) is 19.0 Å². The molecule has 0 heterocycles. The molecule has 0 aliphatic heterocycles. The Morgan fingerprint density at radius 3 is 2.12 bits per heavy atom. The van der Waals surface area contributed by atoms with Gasteiger partial charge in [-0.05, 0) is 45.7 Å². The van der Waals surface area contributed by atoms with Crippen LogP contribution in [0.15, 0.2) is 72.4 Å². The number of benzene rings is 1. The van der Waals surface area contributed by atoms with Crippen LogP contribution in [0.4, 0.5) is 0 Å². The zero-order valence-corrected chi connectivity index (χ0v) is 25.3. The lowest BCUT2D eigenvalue weighted by Crippen LogP contribution is -2.25. The zero-order valence-electron chi connectivity index (χ0n) is 25.3. The molecule has 1 aliphatic rings. The molecule has 0 radical (unpaired) electrons. The number of unbranched alkanes of at least 4 members (excludes halogenated alkanes) is 5. The molecule has 1 aromatic carbocycles. The van der Waals surface area contributed by atoms with Crippen molar-refractivity contribution < 1.29 is 4.79 Å². The molecule has 0 aromatic heterocycles. The average Bonchev–Trinajstić information content (AvgIpc) is 2.98. The van der Waals surface area contributed by atoms with Crippen LogP contribution in [-0.4, -0.2) is 43.6 Å². The fourth-order valence-corrected chi connectivity index (χ4v) is 4.05. The Balaban J connectivity index is -0.000000758. The van der Waals surface area contributed by atoms with Crippen LogP contribution in [0.1, 0.15) is 104 Å².